The summed E-state index contributed by atoms with van der Waals surface area (Å²) in [5.74, 6) is -0.669. The highest BCUT2D eigenvalue weighted by molar-refractivity contribution is 5.73. The summed E-state index contributed by atoms with van der Waals surface area (Å²) in [6.07, 6.45) is 14.3. The predicted molar refractivity (Wildman–Crippen MR) is 79.4 cm³/mol. The highest BCUT2D eigenvalue weighted by Gasteiger charge is 2.23. The average Bonchev–Trinajstić information content (AvgIpc) is 2.89. The van der Waals surface area contributed by atoms with Gasteiger partial charge in [-0.25, -0.2) is 0 Å². The van der Waals surface area contributed by atoms with E-state index in [1.807, 2.05) is 0 Å². The monoisotopic (exact) mass is 269 g/mol. The first-order valence-electron chi connectivity index (χ1n) is 8.23. The van der Waals surface area contributed by atoms with E-state index in [9.17, 15) is 9.90 Å². The Kier molecular flexibility index (Phi) is 8.89. The van der Waals surface area contributed by atoms with Crippen molar-refractivity contribution >= 4 is 5.97 Å². The maximum absolute atomic E-state index is 11.2. The molecule has 0 aromatic carbocycles. The Morgan fingerprint density at radius 2 is 1.68 bits per heavy atom. The molecule has 0 amide bonds. The Bertz CT molecular complexity index is 237. The maximum Gasteiger partial charge on any atom is 0.320 e. The molecule has 0 aromatic heterocycles. The summed E-state index contributed by atoms with van der Waals surface area (Å²) in [5.41, 5.74) is 0. The second-order valence-corrected chi connectivity index (χ2v) is 5.95. The first-order valence-corrected chi connectivity index (χ1v) is 8.23. The quantitative estimate of drug-likeness (QED) is 0.555. The smallest absolute Gasteiger partial charge is 0.320 e. The highest BCUT2D eigenvalue weighted by atomic mass is 16.4. The van der Waals surface area contributed by atoms with Gasteiger partial charge in [-0.2, -0.15) is 0 Å². The summed E-state index contributed by atoms with van der Waals surface area (Å²) in [7, 11) is 0. The molecule has 3 nitrogen and oxygen atoms in total. The van der Waals surface area contributed by atoms with Gasteiger partial charge in [0, 0.05) is 6.04 Å². The third-order valence-electron chi connectivity index (χ3n) is 4.19. The Balaban J connectivity index is 2.06. The standard InChI is InChI=1S/C16H31NO2/c1-2-3-4-5-6-7-8-13-15(16(18)19)17-14-11-9-10-12-14/h14-15,17H,2-13H2,1H3,(H,18,19). The van der Waals surface area contributed by atoms with E-state index >= 15 is 0 Å². The minimum atomic E-state index is -0.669. The molecule has 1 atom stereocenters. The molecule has 1 aliphatic rings. The zero-order valence-electron chi connectivity index (χ0n) is 12.5. The van der Waals surface area contributed by atoms with Crippen LogP contribution in [0, 0.1) is 0 Å². The van der Waals surface area contributed by atoms with Crippen LogP contribution in [0.15, 0.2) is 0 Å². The molecule has 0 radical (unpaired) electrons. The van der Waals surface area contributed by atoms with Crippen molar-refractivity contribution in [3.05, 3.63) is 0 Å². The fourth-order valence-electron chi connectivity index (χ4n) is 2.96. The number of carboxylic acids is 1. The number of aliphatic carboxylic acids is 1. The molecule has 3 heteroatoms. The number of hydrogen-bond donors (Lipinski definition) is 2. The summed E-state index contributed by atoms with van der Waals surface area (Å²) in [6, 6.07) is 0.129. The van der Waals surface area contributed by atoms with Crippen LogP contribution < -0.4 is 5.32 Å². The van der Waals surface area contributed by atoms with E-state index < -0.39 is 5.97 Å². The maximum atomic E-state index is 11.2. The van der Waals surface area contributed by atoms with Gasteiger partial charge in [-0.3, -0.25) is 4.79 Å². The Hall–Kier alpha value is -0.570. The lowest BCUT2D eigenvalue weighted by molar-refractivity contribution is -0.139. The third-order valence-corrected chi connectivity index (χ3v) is 4.19. The van der Waals surface area contributed by atoms with E-state index in [2.05, 4.69) is 12.2 Å². The van der Waals surface area contributed by atoms with Crippen LogP contribution in [0.25, 0.3) is 0 Å². The molecule has 1 fully saturated rings. The second kappa shape index (κ2) is 10.2. The van der Waals surface area contributed by atoms with E-state index in [0.29, 0.717) is 6.04 Å². The highest BCUT2D eigenvalue weighted by Crippen LogP contribution is 2.19. The van der Waals surface area contributed by atoms with E-state index in [0.717, 1.165) is 25.7 Å². The molecule has 0 aromatic rings. The molecule has 0 heterocycles. The summed E-state index contributed by atoms with van der Waals surface area (Å²) < 4.78 is 0. The van der Waals surface area contributed by atoms with Crippen LogP contribution in [0.5, 0.6) is 0 Å². The van der Waals surface area contributed by atoms with Gasteiger partial charge in [-0.05, 0) is 19.3 Å². The van der Waals surface area contributed by atoms with Crippen LogP contribution in [0.2, 0.25) is 0 Å². The van der Waals surface area contributed by atoms with Crippen molar-refractivity contribution in [1.29, 1.82) is 0 Å². The summed E-state index contributed by atoms with van der Waals surface area (Å²) >= 11 is 0. The zero-order valence-corrected chi connectivity index (χ0v) is 12.5. The van der Waals surface area contributed by atoms with Gasteiger partial charge in [-0.15, -0.1) is 0 Å². The number of nitrogens with one attached hydrogen (secondary N) is 1. The largest absolute Gasteiger partial charge is 0.480 e. The molecule has 0 bridgehead atoms. The summed E-state index contributed by atoms with van der Waals surface area (Å²) in [6.45, 7) is 2.23. The molecule has 2 N–H and O–H groups in total. The third kappa shape index (κ3) is 7.56. The number of unbranched alkanes of at least 4 members (excludes halogenated alkanes) is 6. The molecule has 1 rings (SSSR count). The number of carbonyl (C=O) groups is 1. The van der Waals surface area contributed by atoms with Gasteiger partial charge in [0.1, 0.15) is 6.04 Å². The van der Waals surface area contributed by atoms with Crippen LogP contribution in [-0.4, -0.2) is 23.2 Å². The molecular weight excluding hydrogens is 238 g/mol. The van der Waals surface area contributed by atoms with Crippen LogP contribution in [0.3, 0.4) is 0 Å². The Labute approximate surface area is 118 Å². The predicted octanol–water partition coefficient (Wildman–Crippen LogP) is 4.11. The molecule has 0 saturated heterocycles. The summed E-state index contributed by atoms with van der Waals surface area (Å²) in [5, 5.41) is 12.6. The molecule has 1 aliphatic carbocycles. The van der Waals surface area contributed by atoms with Crippen molar-refractivity contribution in [2.45, 2.75) is 96.1 Å². The lowest BCUT2D eigenvalue weighted by atomic mass is 10.0. The fraction of sp³-hybridized carbons (Fsp3) is 0.938. The molecular formula is C16H31NO2. The molecule has 112 valence electrons. The molecule has 1 unspecified atom stereocenters. The lowest BCUT2D eigenvalue weighted by Crippen LogP contribution is -2.42. The van der Waals surface area contributed by atoms with Crippen molar-refractivity contribution < 1.29 is 9.90 Å². The van der Waals surface area contributed by atoms with Gasteiger partial charge < -0.3 is 10.4 Å². The van der Waals surface area contributed by atoms with E-state index in [-0.39, 0.29) is 6.04 Å². The molecule has 0 aliphatic heterocycles. The van der Waals surface area contributed by atoms with Crippen molar-refractivity contribution in [1.82, 2.24) is 5.32 Å². The Morgan fingerprint density at radius 3 is 2.26 bits per heavy atom. The van der Waals surface area contributed by atoms with Crippen molar-refractivity contribution in [2.24, 2.45) is 0 Å². The lowest BCUT2D eigenvalue weighted by Gasteiger charge is -2.19. The summed E-state index contributed by atoms with van der Waals surface area (Å²) in [4.78, 5) is 11.2. The molecule has 0 spiro atoms. The van der Waals surface area contributed by atoms with Crippen molar-refractivity contribution in [3.63, 3.8) is 0 Å². The number of carboxylic acid groups (broad SMARTS) is 1. The van der Waals surface area contributed by atoms with Gasteiger partial charge in [0.15, 0.2) is 0 Å². The first-order chi connectivity index (χ1) is 9.24. The van der Waals surface area contributed by atoms with E-state index in [1.54, 1.807) is 0 Å². The average molecular weight is 269 g/mol. The van der Waals surface area contributed by atoms with E-state index in [1.165, 1.54) is 51.4 Å². The minimum absolute atomic E-state index is 0.321. The van der Waals surface area contributed by atoms with Crippen LogP contribution >= 0.6 is 0 Å². The Morgan fingerprint density at radius 1 is 1.11 bits per heavy atom. The van der Waals surface area contributed by atoms with Crippen molar-refractivity contribution in [2.75, 3.05) is 0 Å². The van der Waals surface area contributed by atoms with Gasteiger partial charge >= 0.3 is 5.97 Å². The normalized spacial score (nSPS) is 17.7. The zero-order chi connectivity index (χ0) is 13.9. The van der Waals surface area contributed by atoms with Crippen LogP contribution in [0.4, 0.5) is 0 Å². The van der Waals surface area contributed by atoms with Crippen LogP contribution in [-0.2, 0) is 4.79 Å². The number of rotatable bonds is 11. The van der Waals surface area contributed by atoms with Crippen molar-refractivity contribution in [3.8, 4) is 0 Å². The topological polar surface area (TPSA) is 49.3 Å². The number of hydrogen-bond acceptors (Lipinski definition) is 2. The first kappa shape index (κ1) is 16.5. The molecule has 19 heavy (non-hydrogen) atoms. The second-order valence-electron chi connectivity index (χ2n) is 5.95. The minimum Gasteiger partial charge on any atom is -0.480 e. The fourth-order valence-corrected chi connectivity index (χ4v) is 2.96. The van der Waals surface area contributed by atoms with Crippen LogP contribution in [0.1, 0.15) is 84.0 Å². The molecule has 1 saturated carbocycles. The van der Waals surface area contributed by atoms with Gasteiger partial charge in [0.05, 0.1) is 0 Å². The SMILES string of the molecule is CCCCCCCCCC(NC1CCCC1)C(=O)O. The van der Waals surface area contributed by atoms with Gasteiger partial charge in [0.25, 0.3) is 0 Å². The van der Waals surface area contributed by atoms with Gasteiger partial charge in [0.2, 0.25) is 0 Å². The van der Waals surface area contributed by atoms with E-state index in [4.69, 9.17) is 0 Å². The van der Waals surface area contributed by atoms with Gasteiger partial charge in [-0.1, -0.05) is 64.7 Å².